The Morgan fingerprint density at radius 3 is 2.59 bits per heavy atom. The molecular weight excluding hydrogens is 321 g/mol. The predicted octanol–water partition coefficient (Wildman–Crippen LogP) is 5.02. The molecule has 0 aliphatic rings. The van der Waals surface area contributed by atoms with Gasteiger partial charge in [-0.1, -0.05) is 41.4 Å². The molecule has 0 saturated carbocycles. The van der Waals surface area contributed by atoms with Crippen LogP contribution in [0.5, 0.6) is 5.75 Å². The normalized spacial score (nSPS) is 10.5. The van der Waals surface area contributed by atoms with Crippen LogP contribution in [0, 0.1) is 0 Å². The summed E-state index contributed by atoms with van der Waals surface area (Å²) in [7, 11) is 0. The van der Waals surface area contributed by atoms with Gasteiger partial charge >= 0.3 is 0 Å². The summed E-state index contributed by atoms with van der Waals surface area (Å²) in [5.41, 5.74) is 1.99. The Morgan fingerprint density at radius 1 is 1.00 bits per heavy atom. The minimum Gasteiger partial charge on any atom is -0.491 e. The quantitative estimate of drug-likeness (QED) is 0.685. The molecule has 118 valence electrons. The number of hydrogen-bond acceptors (Lipinski definition) is 3. The molecule has 0 amide bonds. The van der Waals surface area contributed by atoms with Gasteiger partial charge in [-0.3, -0.25) is 0 Å². The highest BCUT2D eigenvalue weighted by molar-refractivity contribution is 6.42. The van der Waals surface area contributed by atoms with Crippen molar-refractivity contribution >= 4 is 28.9 Å². The lowest BCUT2D eigenvalue weighted by atomic mass is 10.2. The molecule has 0 unspecified atom stereocenters. The summed E-state index contributed by atoms with van der Waals surface area (Å²) in [6.45, 7) is 4.43. The van der Waals surface area contributed by atoms with Crippen LogP contribution in [-0.2, 0) is 11.3 Å². The Morgan fingerprint density at radius 2 is 1.82 bits per heavy atom. The summed E-state index contributed by atoms with van der Waals surface area (Å²) in [6.07, 6.45) is 0. The second-order valence-electron chi connectivity index (χ2n) is 4.64. The minimum atomic E-state index is 0.535. The number of ether oxygens (including phenoxy) is 2. The highest BCUT2D eigenvalue weighted by Gasteiger charge is 2.04. The smallest absolute Gasteiger partial charge is 0.124 e. The fourth-order valence-corrected chi connectivity index (χ4v) is 2.25. The van der Waals surface area contributed by atoms with Crippen molar-refractivity contribution in [3.8, 4) is 5.75 Å². The zero-order chi connectivity index (χ0) is 15.8. The van der Waals surface area contributed by atoms with Crippen molar-refractivity contribution in [2.24, 2.45) is 0 Å². The van der Waals surface area contributed by atoms with Crippen molar-refractivity contribution in [3.63, 3.8) is 0 Å². The van der Waals surface area contributed by atoms with Gasteiger partial charge in [0.1, 0.15) is 12.4 Å². The molecule has 1 N–H and O–H groups in total. The molecule has 0 saturated heterocycles. The molecule has 0 fully saturated rings. The van der Waals surface area contributed by atoms with Gasteiger partial charge in [0.25, 0.3) is 0 Å². The molecule has 5 heteroatoms. The SMILES string of the molecule is CCOCCOc1ccccc1CNc1ccc(Cl)c(Cl)c1. The third-order valence-corrected chi connectivity index (χ3v) is 3.80. The van der Waals surface area contributed by atoms with Crippen molar-refractivity contribution in [1.29, 1.82) is 0 Å². The Kier molecular flexibility index (Phi) is 6.84. The number of halogens is 2. The third kappa shape index (κ3) is 5.09. The summed E-state index contributed by atoms with van der Waals surface area (Å²) in [5.74, 6) is 0.856. The van der Waals surface area contributed by atoms with E-state index in [1.54, 1.807) is 6.07 Å². The van der Waals surface area contributed by atoms with Crippen LogP contribution < -0.4 is 10.1 Å². The van der Waals surface area contributed by atoms with Gasteiger partial charge in [0, 0.05) is 24.4 Å². The van der Waals surface area contributed by atoms with Crippen LogP contribution in [0.3, 0.4) is 0 Å². The largest absolute Gasteiger partial charge is 0.491 e. The first kappa shape index (κ1) is 16.9. The molecule has 0 heterocycles. The van der Waals surface area contributed by atoms with Gasteiger partial charge in [-0.15, -0.1) is 0 Å². The number of para-hydroxylation sites is 1. The first-order chi connectivity index (χ1) is 10.7. The predicted molar refractivity (Wildman–Crippen MR) is 92.2 cm³/mol. The molecule has 0 spiro atoms. The molecular formula is C17H19Cl2NO2. The average Bonchev–Trinajstić information content (AvgIpc) is 2.53. The Hall–Kier alpha value is -1.42. The maximum atomic E-state index is 6.01. The van der Waals surface area contributed by atoms with E-state index in [-0.39, 0.29) is 0 Å². The minimum absolute atomic E-state index is 0.535. The monoisotopic (exact) mass is 339 g/mol. The molecule has 0 aliphatic heterocycles. The van der Waals surface area contributed by atoms with E-state index in [1.807, 2.05) is 43.3 Å². The van der Waals surface area contributed by atoms with Crippen molar-refractivity contribution in [3.05, 3.63) is 58.1 Å². The van der Waals surface area contributed by atoms with E-state index >= 15 is 0 Å². The topological polar surface area (TPSA) is 30.5 Å². The first-order valence-electron chi connectivity index (χ1n) is 7.18. The first-order valence-corrected chi connectivity index (χ1v) is 7.93. The van der Waals surface area contributed by atoms with Gasteiger partial charge in [-0.05, 0) is 31.2 Å². The number of nitrogens with one attached hydrogen (secondary N) is 1. The van der Waals surface area contributed by atoms with E-state index in [0.29, 0.717) is 36.4 Å². The molecule has 0 aromatic heterocycles. The molecule has 0 aliphatic carbocycles. The van der Waals surface area contributed by atoms with Crippen LogP contribution in [0.2, 0.25) is 10.0 Å². The van der Waals surface area contributed by atoms with Gasteiger partial charge < -0.3 is 14.8 Å². The van der Waals surface area contributed by atoms with Gasteiger partial charge in [0.2, 0.25) is 0 Å². The number of hydrogen-bond donors (Lipinski definition) is 1. The van der Waals surface area contributed by atoms with Crippen LogP contribution in [0.25, 0.3) is 0 Å². The van der Waals surface area contributed by atoms with Crippen LogP contribution in [0.4, 0.5) is 5.69 Å². The summed E-state index contributed by atoms with van der Waals surface area (Å²) in [4.78, 5) is 0. The average molecular weight is 340 g/mol. The molecule has 0 bridgehead atoms. The van der Waals surface area contributed by atoms with Crippen molar-refractivity contribution < 1.29 is 9.47 Å². The van der Waals surface area contributed by atoms with Gasteiger partial charge in [0.05, 0.1) is 16.7 Å². The van der Waals surface area contributed by atoms with E-state index in [0.717, 1.165) is 17.0 Å². The summed E-state index contributed by atoms with van der Waals surface area (Å²) >= 11 is 11.9. The zero-order valence-corrected chi connectivity index (χ0v) is 14.0. The second-order valence-corrected chi connectivity index (χ2v) is 5.45. The van der Waals surface area contributed by atoms with Crippen LogP contribution in [-0.4, -0.2) is 19.8 Å². The molecule has 22 heavy (non-hydrogen) atoms. The third-order valence-electron chi connectivity index (χ3n) is 3.06. The fraction of sp³-hybridized carbons (Fsp3) is 0.294. The lowest BCUT2D eigenvalue weighted by Crippen LogP contribution is -2.09. The molecule has 0 atom stereocenters. The molecule has 2 aromatic carbocycles. The van der Waals surface area contributed by atoms with E-state index in [1.165, 1.54) is 0 Å². The van der Waals surface area contributed by atoms with E-state index < -0.39 is 0 Å². The van der Waals surface area contributed by atoms with Crippen LogP contribution in [0.1, 0.15) is 12.5 Å². The number of anilines is 1. The molecule has 3 nitrogen and oxygen atoms in total. The standard InChI is InChI=1S/C17H19Cl2NO2/c1-2-21-9-10-22-17-6-4-3-5-13(17)12-20-14-7-8-15(18)16(19)11-14/h3-8,11,20H,2,9-10,12H2,1H3. The van der Waals surface area contributed by atoms with Gasteiger partial charge in [0.15, 0.2) is 0 Å². The Labute approximate surface area is 141 Å². The lowest BCUT2D eigenvalue weighted by Gasteiger charge is -2.13. The number of benzene rings is 2. The Bertz CT molecular complexity index is 605. The van der Waals surface area contributed by atoms with Crippen molar-refractivity contribution in [1.82, 2.24) is 0 Å². The molecule has 2 aromatic rings. The van der Waals surface area contributed by atoms with Crippen molar-refractivity contribution in [2.75, 3.05) is 25.1 Å². The van der Waals surface area contributed by atoms with Gasteiger partial charge in [-0.25, -0.2) is 0 Å². The maximum absolute atomic E-state index is 6.01. The molecule has 2 rings (SSSR count). The van der Waals surface area contributed by atoms with E-state index in [4.69, 9.17) is 32.7 Å². The van der Waals surface area contributed by atoms with Gasteiger partial charge in [-0.2, -0.15) is 0 Å². The van der Waals surface area contributed by atoms with E-state index in [9.17, 15) is 0 Å². The van der Waals surface area contributed by atoms with E-state index in [2.05, 4.69) is 5.32 Å². The fourth-order valence-electron chi connectivity index (χ4n) is 1.95. The Balaban J connectivity index is 1.95. The lowest BCUT2D eigenvalue weighted by molar-refractivity contribution is 0.110. The van der Waals surface area contributed by atoms with Crippen LogP contribution >= 0.6 is 23.2 Å². The summed E-state index contributed by atoms with van der Waals surface area (Å²) in [6, 6.07) is 13.4. The van der Waals surface area contributed by atoms with Crippen LogP contribution in [0.15, 0.2) is 42.5 Å². The zero-order valence-electron chi connectivity index (χ0n) is 12.4. The number of rotatable bonds is 8. The highest BCUT2D eigenvalue weighted by Crippen LogP contribution is 2.26. The molecule has 0 radical (unpaired) electrons. The maximum Gasteiger partial charge on any atom is 0.124 e. The summed E-state index contributed by atoms with van der Waals surface area (Å²) < 4.78 is 11.0. The highest BCUT2D eigenvalue weighted by atomic mass is 35.5. The summed E-state index contributed by atoms with van der Waals surface area (Å²) in [5, 5.41) is 4.40. The second kappa shape index (κ2) is 8.89. The van der Waals surface area contributed by atoms with Crippen molar-refractivity contribution in [2.45, 2.75) is 13.5 Å².